The van der Waals surface area contributed by atoms with E-state index in [4.69, 9.17) is 0 Å². The van der Waals surface area contributed by atoms with Crippen molar-refractivity contribution < 1.29 is 26.7 Å². The summed E-state index contributed by atoms with van der Waals surface area (Å²) in [4.78, 5) is 0. The van der Waals surface area contributed by atoms with Gasteiger partial charge in [0.05, 0.1) is 0 Å². The molecule has 1 aromatic carbocycles. The fourth-order valence-corrected chi connectivity index (χ4v) is 0.964. The van der Waals surface area contributed by atoms with Crippen molar-refractivity contribution >= 4 is 6.08 Å². The predicted molar refractivity (Wildman–Crippen MR) is 48.2 cm³/mol. The molecule has 1 nitrogen and oxygen atoms in total. The molecule has 0 saturated heterocycles. The van der Waals surface area contributed by atoms with Crippen LogP contribution < -0.4 is 4.74 Å². The molecule has 6 heteroatoms. The minimum absolute atomic E-state index is 0.370. The summed E-state index contributed by atoms with van der Waals surface area (Å²) in [6.07, 6.45) is -5.59. The van der Waals surface area contributed by atoms with E-state index < -0.39 is 12.8 Å². The summed E-state index contributed by atoms with van der Waals surface area (Å²) < 4.78 is 62.4. The highest BCUT2D eigenvalue weighted by molar-refractivity contribution is 5.50. The predicted octanol–water partition coefficient (Wildman–Crippen LogP) is 3.86. The van der Waals surface area contributed by atoms with Crippen LogP contribution in [0, 0.1) is 0 Å². The van der Waals surface area contributed by atoms with Crippen LogP contribution in [0.3, 0.4) is 0 Å². The second-order valence-electron chi connectivity index (χ2n) is 2.81. The molecule has 0 aliphatic carbocycles. The lowest BCUT2D eigenvalue weighted by molar-refractivity contribution is -0.274. The van der Waals surface area contributed by atoms with E-state index in [1.165, 1.54) is 12.1 Å². The third kappa shape index (κ3) is 4.77. The van der Waals surface area contributed by atoms with E-state index in [2.05, 4.69) is 4.74 Å². The van der Waals surface area contributed by atoms with Gasteiger partial charge in [0.1, 0.15) is 5.75 Å². The van der Waals surface area contributed by atoms with Gasteiger partial charge in [0.2, 0.25) is 0 Å². The highest BCUT2D eigenvalue weighted by Crippen LogP contribution is 2.23. The molecule has 0 bridgehead atoms. The van der Waals surface area contributed by atoms with Crippen LogP contribution in [0.5, 0.6) is 5.75 Å². The van der Waals surface area contributed by atoms with Crippen molar-refractivity contribution in [1.29, 1.82) is 0 Å². The standard InChI is InChI=1S/C10H7F5O/c11-9(12)6-3-7-1-4-8(5-2-7)16-10(13,14)15/h1-6,9H/b6-3+. The Bertz CT molecular complexity index is 352. The smallest absolute Gasteiger partial charge is 0.406 e. The summed E-state index contributed by atoms with van der Waals surface area (Å²) in [6.45, 7) is 0. The van der Waals surface area contributed by atoms with Gasteiger partial charge in [0, 0.05) is 0 Å². The quantitative estimate of drug-likeness (QED) is 0.726. The molecule has 0 fully saturated rings. The molecule has 0 heterocycles. The molecule has 0 aliphatic heterocycles. The molecule has 1 rings (SSSR count). The molecule has 0 N–H and O–H groups in total. The average molecular weight is 238 g/mol. The highest BCUT2D eigenvalue weighted by Gasteiger charge is 2.30. The van der Waals surface area contributed by atoms with Gasteiger partial charge in [-0.25, -0.2) is 8.78 Å². The largest absolute Gasteiger partial charge is 0.573 e. The van der Waals surface area contributed by atoms with E-state index in [0.717, 1.165) is 18.2 Å². The Hall–Kier alpha value is -1.59. The van der Waals surface area contributed by atoms with E-state index in [9.17, 15) is 22.0 Å². The Labute approximate surface area is 88.1 Å². The van der Waals surface area contributed by atoms with E-state index in [-0.39, 0.29) is 5.75 Å². The van der Waals surface area contributed by atoms with Crippen molar-refractivity contribution in [1.82, 2.24) is 0 Å². The van der Waals surface area contributed by atoms with E-state index in [0.29, 0.717) is 11.6 Å². The Morgan fingerprint density at radius 3 is 2.06 bits per heavy atom. The lowest BCUT2D eigenvalue weighted by atomic mass is 10.2. The number of hydrogen-bond acceptors (Lipinski definition) is 1. The van der Waals surface area contributed by atoms with Crippen LogP contribution in [0.2, 0.25) is 0 Å². The molecule has 0 aromatic heterocycles. The first-order chi connectivity index (χ1) is 7.37. The van der Waals surface area contributed by atoms with Crippen LogP contribution in [0.15, 0.2) is 30.3 Å². The first kappa shape index (κ1) is 12.5. The summed E-state index contributed by atoms with van der Waals surface area (Å²) in [7, 11) is 0. The molecule has 0 amide bonds. The Kier molecular flexibility index (Phi) is 3.87. The Morgan fingerprint density at radius 2 is 1.62 bits per heavy atom. The van der Waals surface area contributed by atoms with Gasteiger partial charge in [-0.2, -0.15) is 0 Å². The van der Waals surface area contributed by atoms with Gasteiger partial charge in [-0.15, -0.1) is 13.2 Å². The minimum atomic E-state index is -4.75. The van der Waals surface area contributed by atoms with Crippen molar-refractivity contribution in [3.63, 3.8) is 0 Å². The fourth-order valence-electron chi connectivity index (χ4n) is 0.964. The van der Waals surface area contributed by atoms with Crippen molar-refractivity contribution in [2.45, 2.75) is 12.8 Å². The summed E-state index contributed by atoms with van der Waals surface area (Å²) in [5, 5.41) is 0. The first-order valence-corrected chi connectivity index (χ1v) is 4.19. The SMILES string of the molecule is FC(F)/C=C/c1ccc(OC(F)(F)F)cc1. The molecule has 0 aliphatic rings. The maximum absolute atomic E-state index is 11.8. The third-order valence-corrected chi connectivity index (χ3v) is 1.55. The van der Waals surface area contributed by atoms with Crippen LogP contribution in [0.1, 0.15) is 5.56 Å². The van der Waals surface area contributed by atoms with Gasteiger partial charge in [0.15, 0.2) is 0 Å². The van der Waals surface area contributed by atoms with Gasteiger partial charge >= 0.3 is 6.36 Å². The number of allylic oxidation sites excluding steroid dienone is 1. The molecule has 0 atom stereocenters. The number of halogens is 5. The van der Waals surface area contributed by atoms with Gasteiger partial charge in [-0.05, 0) is 23.8 Å². The van der Waals surface area contributed by atoms with Gasteiger partial charge in [-0.3, -0.25) is 0 Å². The molecule has 88 valence electrons. The zero-order valence-electron chi connectivity index (χ0n) is 7.84. The van der Waals surface area contributed by atoms with E-state index in [1.807, 2.05) is 0 Å². The highest BCUT2D eigenvalue weighted by atomic mass is 19.4. The van der Waals surface area contributed by atoms with Crippen molar-refractivity contribution in [2.24, 2.45) is 0 Å². The van der Waals surface area contributed by atoms with Crippen LogP contribution in [0.4, 0.5) is 22.0 Å². The summed E-state index contributed by atoms with van der Waals surface area (Å²) >= 11 is 0. The van der Waals surface area contributed by atoms with Crippen LogP contribution in [-0.2, 0) is 0 Å². The zero-order valence-corrected chi connectivity index (χ0v) is 7.84. The van der Waals surface area contributed by atoms with Gasteiger partial charge in [0.25, 0.3) is 6.43 Å². The Morgan fingerprint density at radius 1 is 1.06 bits per heavy atom. The van der Waals surface area contributed by atoms with Crippen molar-refractivity contribution in [3.8, 4) is 5.75 Å². The Balaban J connectivity index is 2.68. The lowest BCUT2D eigenvalue weighted by Gasteiger charge is -2.08. The van der Waals surface area contributed by atoms with Gasteiger partial charge < -0.3 is 4.74 Å². The maximum Gasteiger partial charge on any atom is 0.573 e. The van der Waals surface area contributed by atoms with Crippen molar-refractivity contribution in [3.05, 3.63) is 35.9 Å². The molecule has 0 radical (unpaired) electrons. The first-order valence-electron chi connectivity index (χ1n) is 4.19. The normalized spacial score (nSPS) is 12.4. The number of alkyl halides is 5. The summed E-state index contributed by atoms with van der Waals surface area (Å²) in [6, 6.07) is 4.61. The van der Waals surface area contributed by atoms with E-state index in [1.54, 1.807) is 0 Å². The topological polar surface area (TPSA) is 9.23 Å². The zero-order chi connectivity index (χ0) is 12.2. The summed E-state index contributed by atoms with van der Waals surface area (Å²) in [5.74, 6) is -0.387. The number of rotatable bonds is 3. The number of benzene rings is 1. The average Bonchev–Trinajstić information content (AvgIpc) is 2.14. The van der Waals surface area contributed by atoms with Crippen LogP contribution in [-0.4, -0.2) is 12.8 Å². The lowest BCUT2D eigenvalue weighted by Crippen LogP contribution is -2.16. The van der Waals surface area contributed by atoms with E-state index >= 15 is 0 Å². The number of hydrogen-bond donors (Lipinski definition) is 0. The molecule has 0 spiro atoms. The summed E-state index contributed by atoms with van der Waals surface area (Å²) in [5.41, 5.74) is 0.370. The van der Waals surface area contributed by atoms with Crippen molar-refractivity contribution in [2.75, 3.05) is 0 Å². The van der Waals surface area contributed by atoms with Crippen LogP contribution in [0.25, 0.3) is 6.08 Å². The molecule has 16 heavy (non-hydrogen) atoms. The molecule has 0 saturated carbocycles. The molecule has 1 aromatic rings. The van der Waals surface area contributed by atoms with Gasteiger partial charge in [-0.1, -0.05) is 18.2 Å². The second-order valence-corrected chi connectivity index (χ2v) is 2.81. The fraction of sp³-hybridized carbons (Fsp3) is 0.200. The van der Waals surface area contributed by atoms with Crippen LogP contribution >= 0.6 is 0 Å². The molecule has 0 unspecified atom stereocenters. The monoisotopic (exact) mass is 238 g/mol. The molecular formula is C10H7F5O. The minimum Gasteiger partial charge on any atom is -0.406 e. The maximum atomic E-state index is 11.8. The second kappa shape index (κ2) is 4.96. The molecular weight excluding hydrogens is 231 g/mol. The third-order valence-electron chi connectivity index (χ3n) is 1.55. The number of ether oxygens (including phenoxy) is 1.